The Kier molecular flexibility index (Phi) is 2.91. The molecular formula is C10H9F2N3O2S. The molecule has 0 aliphatic rings. The minimum absolute atomic E-state index is 0.118. The van der Waals surface area contributed by atoms with E-state index in [0.29, 0.717) is 0 Å². The van der Waals surface area contributed by atoms with Gasteiger partial charge >= 0.3 is 0 Å². The maximum absolute atomic E-state index is 13.7. The maximum atomic E-state index is 13.7. The number of rotatable bonds is 2. The fourth-order valence-electron chi connectivity index (χ4n) is 1.52. The molecule has 0 saturated heterocycles. The van der Waals surface area contributed by atoms with Crippen LogP contribution < -0.4 is 5.14 Å². The molecule has 2 rings (SSSR count). The highest BCUT2D eigenvalue weighted by atomic mass is 32.2. The van der Waals surface area contributed by atoms with E-state index >= 15 is 0 Å². The number of nitrogens with two attached hydrogens (primary N) is 1. The number of benzene rings is 1. The highest BCUT2D eigenvalue weighted by Gasteiger charge is 2.21. The Hall–Kier alpha value is -1.80. The molecule has 0 saturated carbocycles. The largest absolute Gasteiger partial charge is 0.276 e. The molecular weight excluding hydrogens is 264 g/mol. The van der Waals surface area contributed by atoms with Crippen molar-refractivity contribution in [3.63, 3.8) is 0 Å². The number of aromatic amines is 1. The number of aromatic nitrogens is 2. The molecule has 0 fully saturated rings. The van der Waals surface area contributed by atoms with Crippen molar-refractivity contribution in [1.29, 1.82) is 0 Å². The predicted molar refractivity (Wildman–Crippen MR) is 60.0 cm³/mol. The van der Waals surface area contributed by atoms with Gasteiger partial charge in [0.1, 0.15) is 16.5 Å². The first-order valence-corrected chi connectivity index (χ1v) is 6.37. The van der Waals surface area contributed by atoms with E-state index in [1.54, 1.807) is 0 Å². The number of nitrogens with one attached hydrogen (secondary N) is 1. The zero-order valence-electron chi connectivity index (χ0n) is 9.24. The van der Waals surface area contributed by atoms with Gasteiger partial charge < -0.3 is 0 Å². The second-order valence-electron chi connectivity index (χ2n) is 3.74. The Morgan fingerprint density at radius 2 is 1.94 bits per heavy atom. The quantitative estimate of drug-likeness (QED) is 0.864. The Bertz CT molecular complexity index is 710. The van der Waals surface area contributed by atoms with E-state index < -0.39 is 21.7 Å². The molecule has 0 unspecified atom stereocenters. The standard InChI is InChI=1S/C10H9F2N3O2S/c1-5-2-8(12)6(3-7(5)11)10-9(4-14-15-10)18(13,16)17/h2-4H,1H3,(H,14,15)(H2,13,16,17). The van der Waals surface area contributed by atoms with Gasteiger partial charge in [-0.1, -0.05) is 0 Å². The summed E-state index contributed by atoms with van der Waals surface area (Å²) in [6, 6.07) is 1.87. The van der Waals surface area contributed by atoms with Gasteiger partial charge in [-0.15, -0.1) is 0 Å². The van der Waals surface area contributed by atoms with Crippen LogP contribution in [0, 0.1) is 18.6 Å². The number of primary sulfonamides is 1. The molecule has 2 aromatic rings. The minimum Gasteiger partial charge on any atom is -0.276 e. The zero-order chi connectivity index (χ0) is 13.5. The molecule has 0 radical (unpaired) electrons. The average Bonchev–Trinajstić information content (AvgIpc) is 2.71. The number of halogens is 2. The summed E-state index contributed by atoms with van der Waals surface area (Å²) >= 11 is 0. The third kappa shape index (κ3) is 2.12. The van der Waals surface area contributed by atoms with Gasteiger partial charge in [-0.25, -0.2) is 22.3 Å². The molecule has 0 aliphatic heterocycles. The maximum Gasteiger partial charge on any atom is 0.241 e. The molecule has 96 valence electrons. The number of nitrogens with zero attached hydrogens (tertiary/aromatic N) is 1. The van der Waals surface area contributed by atoms with E-state index in [4.69, 9.17) is 5.14 Å². The van der Waals surface area contributed by atoms with Gasteiger partial charge in [0.05, 0.1) is 11.9 Å². The number of hydrogen-bond donors (Lipinski definition) is 2. The van der Waals surface area contributed by atoms with Crippen LogP contribution in [-0.2, 0) is 10.0 Å². The summed E-state index contributed by atoms with van der Waals surface area (Å²) in [6.45, 7) is 1.40. The van der Waals surface area contributed by atoms with Crippen LogP contribution in [0.3, 0.4) is 0 Å². The first-order valence-electron chi connectivity index (χ1n) is 4.83. The van der Waals surface area contributed by atoms with Gasteiger partial charge in [-0.2, -0.15) is 5.10 Å². The number of hydrogen-bond acceptors (Lipinski definition) is 3. The lowest BCUT2D eigenvalue weighted by Gasteiger charge is -2.05. The van der Waals surface area contributed by atoms with Crippen molar-refractivity contribution in [3.05, 3.63) is 35.5 Å². The normalized spacial score (nSPS) is 11.8. The van der Waals surface area contributed by atoms with Crippen molar-refractivity contribution in [2.75, 3.05) is 0 Å². The van der Waals surface area contributed by atoms with Gasteiger partial charge in [-0.3, -0.25) is 5.10 Å². The molecule has 8 heteroatoms. The van der Waals surface area contributed by atoms with Crippen molar-refractivity contribution in [1.82, 2.24) is 10.2 Å². The number of aryl methyl sites for hydroxylation is 1. The summed E-state index contributed by atoms with van der Waals surface area (Å²) in [7, 11) is -4.06. The third-order valence-electron chi connectivity index (χ3n) is 2.43. The monoisotopic (exact) mass is 273 g/mol. The summed E-state index contributed by atoms with van der Waals surface area (Å²) < 4.78 is 49.6. The molecule has 1 aromatic carbocycles. The smallest absolute Gasteiger partial charge is 0.241 e. The van der Waals surface area contributed by atoms with E-state index in [0.717, 1.165) is 18.3 Å². The molecule has 0 atom stereocenters. The average molecular weight is 273 g/mol. The molecule has 5 nitrogen and oxygen atoms in total. The summed E-state index contributed by atoms with van der Waals surface area (Å²) in [5.41, 5.74) is -0.290. The second kappa shape index (κ2) is 4.14. The number of H-pyrrole nitrogens is 1. The molecule has 1 heterocycles. The van der Waals surface area contributed by atoms with Gasteiger partial charge in [-0.05, 0) is 24.6 Å². The summed E-state index contributed by atoms with van der Waals surface area (Å²) in [6.07, 6.45) is 0.946. The SMILES string of the molecule is Cc1cc(F)c(-c2[nH]ncc2S(N)(=O)=O)cc1F. The first-order chi connectivity index (χ1) is 8.30. The van der Waals surface area contributed by atoms with Gasteiger partial charge in [0.15, 0.2) is 0 Å². The van der Waals surface area contributed by atoms with Crippen LogP contribution in [-0.4, -0.2) is 18.6 Å². The molecule has 1 aromatic heterocycles. The topological polar surface area (TPSA) is 88.8 Å². The molecule has 0 amide bonds. The van der Waals surface area contributed by atoms with Gasteiger partial charge in [0.25, 0.3) is 0 Å². The lowest BCUT2D eigenvalue weighted by molar-refractivity contribution is 0.592. The molecule has 0 bridgehead atoms. The van der Waals surface area contributed by atoms with Crippen LogP contribution in [0.1, 0.15) is 5.56 Å². The number of sulfonamides is 1. The van der Waals surface area contributed by atoms with Crippen LogP contribution in [0.25, 0.3) is 11.3 Å². The van der Waals surface area contributed by atoms with Crippen LogP contribution in [0.15, 0.2) is 23.2 Å². The minimum atomic E-state index is -4.06. The van der Waals surface area contributed by atoms with E-state index in [9.17, 15) is 17.2 Å². The van der Waals surface area contributed by atoms with Crippen molar-refractivity contribution >= 4 is 10.0 Å². The Labute approximate surface area is 102 Å². The van der Waals surface area contributed by atoms with Crippen LogP contribution in [0.2, 0.25) is 0 Å². The Morgan fingerprint density at radius 1 is 1.28 bits per heavy atom. The highest BCUT2D eigenvalue weighted by Crippen LogP contribution is 2.28. The van der Waals surface area contributed by atoms with E-state index in [-0.39, 0.29) is 21.7 Å². The Morgan fingerprint density at radius 3 is 2.56 bits per heavy atom. The fourth-order valence-corrected chi connectivity index (χ4v) is 2.16. The van der Waals surface area contributed by atoms with E-state index in [2.05, 4.69) is 10.2 Å². The van der Waals surface area contributed by atoms with Crippen molar-refractivity contribution in [2.24, 2.45) is 5.14 Å². The van der Waals surface area contributed by atoms with Crippen molar-refractivity contribution in [2.45, 2.75) is 11.8 Å². The molecule has 18 heavy (non-hydrogen) atoms. The summed E-state index contributed by atoms with van der Waals surface area (Å²) in [5.74, 6) is -1.41. The predicted octanol–water partition coefficient (Wildman–Crippen LogP) is 1.31. The van der Waals surface area contributed by atoms with E-state index in [1.165, 1.54) is 6.92 Å². The fraction of sp³-hybridized carbons (Fsp3) is 0.100. The highest BCUT2D eigenvalue weighted by molar-refractivity contribution is 7.89. The lowest BCUT2D eigenvalue weighted by atomic mass is 10.1. The lowest BCUT2D eigenvalue weighted by Crippen LogP contribution is -2.12. The van der Waals surface area contributed by atoms with Crippen LogP contribution in [0.5, 0.6) is 0 Å². The summed E-state index contributed by atoms with van der Waals surface area (Å²) in [5, 5.41) is 10.7. The zero-order valence-corrected chi connectivity index (χ0v) is 10.1. The molecule has 3 N–H and O–H groups in total. The molecule has 0 spiro atoms. The third-order valence-corrected chi connectivity index (χ3v) is 3.35. The first kappa shape index (κ1) is 12.7. The van der Waals surface area contributed by atoms with Gasteiger partial charge in [0.2, 0.25) is 10.0 Å². The molecule has 0 aliphatic carbocycles. The van der Waals surface area contributed by atoms with Crippen LogP contribution in [0.4, 0.5) is 8.78 Å². The van der Waals surface area contributed by atoms with Crippen molar-refractivity contribution < 1.29 is 17.2 Å². The van der Waals surface area contributed by atoms with Crippen LogP contribution >= 0.6 is 0 Å². The summed E-state index contributed by atoms with van der Waals surface area (Å²) in [4.78, 5) is -0.385. The van der Waals surface area contributed by atoms with E-state index in [1.807, 2.05) is 0 Å². The Balaban J connectivity index is 2.71. The van der Waals surface area contributed by atoms with Gasteiger partial charge in [0, 0.05) is 5.56 Å². The second-order valence-corrected chi connectivity index (χ2v) is 5.27. The van der Waals surface area contributed by atoms with Crippen molar-refractivity contribution in [3.8, 4) is 11.3 Å².